The molecule has 3 aromatic carbocycles. The molecule has 0 aliphatic heterocycles. The first-order valence-corrected chi connectivity index (χ1v) is 12.1. The third-order valence-corrected chi connectivity index (χ3v) is 5.89. The van der Waals surface area contributed by atoms with Crippen molar-refractivity contribution in [1.82, 2.24) is 19.7 Å². The lowest BCUT2D eigenvalue weighted by molar-refractivity contribution is -0.0498. The first-order valence-electron chi connectivity index (χ1n) is 12.1. The summed E-state index contributed by atoms with van der Waals surface area (Å²) < 4.78 is 30.4. The fourth-order valence-corrected chi connectivity index (χ4v) is 4.19. The summed E-state index contributed by atoms with van der Waals surface area (Å²) in [7, 11) is 0. The van der Waals surface area contributed by atoms with Gasteiger partial charge < -0.3 is 10.1 Å². The molecule has 0 aliphatic carbocycles. The topological polar surface area (TPSA) is 81.9 Å². The Morgan fingerprint density at radius 1 is 1.00 bits per heavy atom. The Kier molecular flexibility index (Phi) is 7.08. The van der Waals surface area contributed by atoms with E-state index in [1.807, 2.05) is 42.5 Å². The molecule has 2 aromatic heterocycles. The van der Waals surface area contributed by atoms with Crippen molar-refractivity contribution in [2.45, 2.75) is 26.9 Å². The fourth-order valence-electron chi connectivity index (χ4n) is 4.19. The number of nitrogens with zero attached hydrogens (tertiary/aromatic N) is 4. The molecule has 0 radical (unpaired) electrons. The number of anilines is 1. The highest BCUT2D eigenvalue weighted by molar-refractivity contribution is 6.01. The van der Waals surface area contributed by atoms with Crippen molar-refractivity contribution in [1.29, 1.82) is 0 Å². The number of hydrogen-bond acceptors (Lipinski definition) is 5. The lowest BCUT2D eigenvalue weighted by atomic mass is 9.97. The summed E-state index contributed by atoms with van der Waals surface area (Å²) in [6.45, 7) is 1.50. The smallest absolute Gasteiger partial charge is 0.387 e. The van der Waals surface area contributed by atoms with E-state index in [4.69, 9.17) is 4.98 Å². The third kappa shape index (κ3) is 5.67. The Bertz CT molecular complexity index is 1560. The number of para-hydroxylation sites is 1. The van der Waals surface area contributed by atoms with Gasteiger partial charge >= 0.3 is 6.61 Å². The molecule has 0 unspecified atom stereocenters. The number of pyridine rings is 1. The molecule has 0 atom stereocenters. The quantitative estimate of drug-likeness (QED) is 0.255. The summed E-state index contributed by atoms with van der Waals surface area (Å²) in [6.07, 6.45) is 2.33. The lowest BCUT2D eigenvalue weighted by Gasteiger charge is -2.12. The zero-order chi connectivity index (χ0) is 26.6. The van der Waals surface area contributed by atoms with Crippen LogP contribution in [-0.4, -0.2) is 32.3 Å². The van der Waals surface area contributed by atoms with Crippen molar-refractivity contribution in [2.75, 3.05) is 5.32 Å². The van der Waals surface area contributed by atoms with Gasteiger partial charge in [0.05, 0.1) is 16.9 Å². The average molecular weight is 514 g/mol. The molecule has 1 N–H and O–H groups in total. The van der Waals surface area contributed by atoms with Crippen LogP contribution in [0.1, 0.15) is 30.0 Å². The number of halogens is 2. The molecule has 0 saturated carbocycles. The van der Waals surface area contributed by atoms with E-state index in [0.29, 0.717) is 17.3 Å². The molecule has 5 rings (SSSR count). The molecule has 38 heavy (non-hydrogen) atoms. The molecule has 0 spiro atoms. The van der Waals surface area contributed by atoms with Gasteiger partial charge in [-0.15, -0.1) is 5.10 Å². The second kappa shape index (κ2) is 10.8. The van der Waals surface area contributed by atoms with Gasteiger partial charge in [0, 0.05) is 16.6 Å². The van der Waals surface area contributed by atoms with Crippen molar-refractivity contribution >= 4 is 22.5 Å². The zero-order valence-electron chi connectivity index (χ0n) is 20.8. The molecule has 2 heterocycles. The minimum Gasteiger partial charge on any atom is -0.435 e. The van der Waals surface area contributed by atoms with Crippen molar-refractivity contribution in [3.05, 3.63) is 96.6 Å². The number of aromatic nitrogens is 4. The van der Waals surface area contributed by atoms with E-state index in [-0.39, 0.29) is 11.6 Å². The van der Waals surface area contributed by atoms with Crippen LogP contribution in [0.4, 0.5) is 14.5 Å². The average Bonchev–Trinajstić information content (AvgIpc) is 3.39. The minimum absolute atomic E-state index is 0.0281. The third-order valence-electron chi connectivity index (χ3n) is 5.89. The number of alkyl halides is 2. The van der Waals surface area contributed by atoms with Crippen molar-refractivity contribution in [3.8, 4) is 22.7 Å². The molecule has 7 nitrogen and oxygen atoms in total. The van der Waals surface area contributed by atoms with Gasteiger partial charge in [-0.1, -0.05) is 44.2 Å². The van der Waals surface area contributed by atoms with Crippen molar-refractivity contribution < 1.29 is 18.3 Å². The van der Waals surface area contributed by atoms with E-state index < -0.39 is 12.5 Å². The molecule has 1 amide bonds. The Morgan fingerprint density at radius 3 is 2.45 bits per heavy atom. The second-order valence-corrected chi connectivity index (χ2v) is 9.20. The van der Waals surface area contributed by atoms with E-state index in [1.165, 1.54) is 34.1 Å². The number of ether oxygens (including phenoxy) is 1. The minimum atomic E-state index is -2.90. The Hall–Kier alpha value is -4.66. The Morgan fingerprint density at radius 2 is 1.74 bits per heavy atom. The SMILES string of the molecule is CC(C)Cc1cc(-c2ccc(NC(=O)c3ncn(-c4ccc(OC(F)F)cc4)n3)cc2)nc2ccccc12. The number of hydrogen-bond donors (Lipinski definition) is 1. The maximum absolute atomic E-state index is 12.7. The normalized spacial score (nSPS) is 11.3. The van der Waals surface area contributed by atoms with Crippen molar-refractivity contribution in [2.24, 2.45) is 5.92 Å². The molecule has 0 aliphatic rings. The van der Waals surface area contributed by atoms with Gasteiger partial charge in [0.25, 0.3) is 5.91 Å². The van der Waals surface area contributed by atoms with Gasteiger partial charge in [-0.3, -0.25) is 4.79 Å². The Balaban J connectivity index is 1.30. The van der Waals surface area contributed by atoms with E-state index in [0.717, 1.165) is 23.2 Å². The molecule has 0 saturated heterocycles. The highest BCUT2D eigenvalue weighted by Gasteiger charge is 2.14. The predicted octanol–water partition coefficient (Wildman–Crippen LogP) is 6.53. The highest BCUT2D eigenvalue weighted by atomic mass is 19.3. The van der Waals surface area contributed by atoms with E-state index >= 15 is 0 Å². The number of rotatable bonds is 8. The van der Waals surface area contributed by atoms with Crippen LogP contribution in [0.3, 0.4) is 0 Å². The van der Waals surface area contributed by atoms with Gasteiger partial charge in [0.2, 0.25) is 5.82 Å². The molecular formula is C29H25F2N5O2. The maximum Gasteiger partial charge on any atom is 0.387 e. The van der Waals surface area contributed by atoms with Crippen molar-refractivity contribution in [3.63, 3.8) is 0 Å². The second-order valence-electron chi connectivity index (χ2n) is 9.20. The van der Waals surface area contributed by atoms with Crippen LogP contribution in [0.15, 0.2) is 85.2 Å². The van der Waals surface area contributed by atoms with Crippen LogP contribution in [0.2, 0.25) is 0 Å². The lowest BCUT2D eigenvalue weighted by Crippen LogP contribution is -2.14. The summed E-state index contributed by atoms with van der Waals surface area (Å²) in [5.74, 6) is 0.0382. The number of carbonyl (C=O) groups is 1. The standard InChI is InChI=1S/C29H25F2N5O2/c1-18(2)15-20-16-26(34-25-6-4-3-5-24(20)25)19-7-9-21(10-8-19)33-28(37)27-32-17-36(35-27)22-11-13-23(14-12-22)38-29(30)31/h3-14,16-18,29H,15H2,1-2H3,(H,33,37). The maximum atomic E-state index is 12.7. The molecule has 0 bridgehead atoms. The van der Waals surface area contributed by atoms with E-state index in [2.05, 4.69) is 46.1 Å². The summed E-state index contributed by atoms with van der Waals surface area (Å²) in [5, 5.41) is 8.15. The number of fused-ring (bicyclic) bond motifs is 1. The van der Waals surface area contributed by atoms with Gasteiger partial charge in [0.1, 0.15) is 12.1 Å². The van der Waals surface area contributed by atoms with Crippen LogP contribution in [0.5, 0.6) is 5.75 Å². The number of benzene rings is 3. The summed E-state index contributed by atoms with van der Waals surface area (Å²) >= 11 is 0. The summed E-state index contributed by atoms with van der Waals surface area (Å²) in [6, 6.07) is 23.6. The van der Waals surface area contributed by atoms with E-state index in [1.54, 1.807) is 12.1 Å². The van der Waals surface area contributed by atoms with E-state index in [9.17, 15) is 13.6 Å². The molecule has 192 valence electrons. The molecule has 9 heteroatoms. The number of carbonyl (C=O) groups excluding carboxylic acids is 1. The van der Waals surface area contributed by atoms with Crippen LogP contribution < -0.4 is 10.1 Å². The molecular weight excluding hydrogens is 488 g/mol. The van der Waals surface area contributed by atoms with Crippen LogP contribution >= 0.6 is 0 Å². The number of amides is 1. The van der Waals surface area contributed by atoms with Crippen LogP contribution in [0.25, 0.3) is 27.8 Å². The molecule has 0 fully saturated rings. The van der Waals surface area contributed by atoms with Gasteiger partial charge in [0.15, 0.2) is 0 Å². The summed E-state index contributed by atoms with van der Waals surface area (Å²) in [4.78, 5) is 21.6. The number of nitrogens with one attached hydrogen (secondary N) is 1. The van der Waals surface area contributed by atoms with Gasteiger partial charge in [-0.05, 0) is 66.4 Å². The van der Waals surface area contributed by atoms with Gasteiger partial charge in [-0.25, -0.2) is 14.6 Å². The van der Waals surface area contributed by atoms with Gasteiger partial charge in [-0.2, -0.15) is 8.78 Å². The zero-order valence-corrected chi connectivity index (χ0v) is 20.8. The van der Waals surface area contributed by atoms with Crippen LogP contribution in [0, 0.1) is 5.92 Å². The molecule has 5 aromatic rings. The largest absolute Gasteiger partial charge is 0.435 e. The predicted molar refractivity (Wildman–Crippen MR) is 142 cm³/mol. The first kappa shape index (κ1) is 25.0. The monoisotopic (exact) mass is 513 g/mol. The first-order chi connectivity index (χ1) is 18.4. The highest BCUT2D eigenvalue weighted by Crippen LogP contribution is 2.27. The fraction of sp³-hybridized carbons (Fsp3) is 0.172. The van der Waals surface area contributed by atoms with Crippen LogP contribution in [-0.2, 0) is 6.42 Å². The summed E-state index contributed by atoms with van der Waals surface area (Å²) in [5.41, 5.74) is 5.17. The Labute approximate surface area is 218 Å².